The van der Waals surface area contributed by atoms with Crippen molar-refractivity contribution >= 4 is 17.6 Å². The Bertz CT molecular complexity index is 963. The summed E-state index contributed by atoms with van der Waals surface area (Å²) in [4.78, 5) is 26.7. The highest BCUT2D eigenvalue weighted by Crippen LogP contribution is 2.14. The molecule has 0 spiro atoms. The van der Waals surface area contributed by atoms with E-state index in [1.165, 1.54) is 0 Å². The molecule has 0 saturated carbocycles. The summed E-state index contributed by atoms with van der Waals surface area (Å²) < 4.78 is 1.69. The summed E-state index contributed by atoms with van der Waals surface area (Å²) in [5, 5.41) is 10.2. The lowest BCUT2D eigenvalue weighted by molar-refractivity contribution is 0.0919. The van der Waals surface area contributed by atoms with E-state index >= 15 is 0 Å². The van der Waals surface area contributed by atoms with Crippen LogP contribution in [-0.4, -0.2) is 45.8 Å². The number of benzene rings is 2. The molecule has 1 aliphatic heterocycles. The van der Waals surface area contributed by atoms with Crippen LogP contribution in [0.2, 0.25) is 0 Å². The molecule has 1 aromatic heterocycles. The lowest BCUT2D eigenvalue weighted by atomic mass is 10.0. The number of carbonyl (C=O) groups excluding carboxylic acids is 2. The zero-order valence-corrected chi connectivity index (χ0v) is 16.0. The minimum atomic E-state index is -0.139. The molecule has 1 aliphatic rings. The standard InChI is InChI=1S/C22H23N5O2/c28-21(17-15-23-27(16-17)20-9-5-2-6-10-20)24-19-11-13-26(14-12-19)22(29)25-18-7-3-1-4-8-18/h1-10,15-16,19H,11-14H2,(H,24,28)(H,25,29). The van der Waals surface area contributed by atoms with Crippen LogP contribution in [-0.2, 0) is 0 Å². The van der Waals surface area contributed by atoms with Crippen molar-refractivity contribution in [2.24, 2.45) is 0 Å². The van der Waals surface area contributed by atoms with Gasteiger partial charge in [0.15, 0.2) is 0 Å². The maximum Gasteiger partial charge on any atom is 0.321 e. The Morgan fingerprint density at radius 3 is 2.28 bits per heavy atom. The SMILES string of the molecule is O=C(NC1CCN(C(=O)Nc2ccccc2)CC1)c1cnn(-c2ccccc2)c1. The predicted molar refractivity (Wildman–Crippen MR) is 111 cm³/mol. The van der Waals surface area contributed by atoms with Crippen molar-refractivity contribution in [1.82, 2.24) is 20.0 Å². The molecule has 3 amide bonds. The van der Waals surface area contributed by atoms with E-state index in [9.17, 15) is 9.59 Å². The predicted octanol–water partition coefficient (Wildman–Crippen LogP) is 3.30. The third-order valence-electron chi connectivity index (χ3n) is 5.01. The number of nitrogens with zero attached hydrogens (tertiary/aromatic N) is 3. The number of piperidine rings is 1. The third kappa shape index (κ3) is 4.63. The molecule has 7 heteroatoms. The number of nitrogens with one attached hydrogen (secondary N) is 2. The molecule has 29 heavy (non-hydrogen) atoms. The Balaban J connectivity index is 1.28. The zero-order chi connectivity index (χ0) is 20.1. The summed E-state index contributed by atoms with van der Waals surface area (Å²) in [6.45, 7) is 1.21. The topological polar surface area (TPSA) is 79.3 Å². The molecule has 2 aromatic carbocycles. The van der Waals surface area contributed by atoms with Crippen LogP contribution in [0.5, 0.6) is 0 Å². The first-order valence-corrected chi connectivity index (χ1v) is 9.71. The Morgan fingerprint density at radius 2 is 1.59 bits per heavy atom. The van der Waals surface area contributed by atoms with Crippen molar-refractivity contribution in [1.29, 1.82) is 0 Å². The average molecular weight is 389 g/mol. The number of carbonyl (C=O) groups is 2. The minimum absolute atomic E-state index is 0.0448. The average Bonchev–Trinajstić information content (AvgIpc) is 3.26. The van der Waals surface area contributed by atoms with E-state index in [2.05, 4.69) is 15.7 Å². The van der Waals surface area contributed by atoms with Gasteiger partial charge in [0, 0.05) is 31.0 Å². The van der Waals surface area contributed by atoms with E-state index in [4.69, 9.17) is 0 Å². The van der Waals surface area contributed by atoms with Crippen molar-refractivity contribution in [3.63, 3.8) is 0 Å². The molecule has 0 atom stereocenters. The normalized spacial score (nSPS) is 14.4. The monoisotopic (exact) mass is 389 g/mol. The summed E-state index contributed by atoms with van der Waals surface area (Å²) >= 11 is 0. The number of hydrogen-bond acceptors (Lipinski definition) is 3. The van der Waals surface area contributed by atoms with Gasteiger partial charge in [0.05, 0.1) is 17.4 Å². The van der Waals surface area contributed by atoms with Crippen molar-refractivity contribution in [2.45, 2.75) is 18.9 Å². The van der Waals surface area contributed by atoms with Crippen LogP contribution in [0.15, 0.2) is 73.1 Å². The van der Waals surface area contributed by atoms with Gasteiger partial charge in [0.2, 0.25) is 0 Å². The molecule has 3 aromatic rings. The van der Waals surface area contributed by atoms with Crippen LogP contribution in [0.1, 0.15) is 23.2 Å². The van der Waals surface area contributed by atoms with E-state index in [1.54, 1.807) is 22.0 Å². The Kier molecular flexibility index (Phi) is 5.56. The minimum Gasteiger partial charge on any atom is -0.349 e. The van der Waals surface area contributed by atoms with Crippen LogP contribution >= 0.6 is 0 Å². The van der Waals surface area contributed by atoms with Crippen LogP contribution in [0.25, 0.3) is 5.69 Å². The first kappa shape index (κ1) is 18.7. The molecule has 0 bridgehead atoms. The molecular weight excluding hydrogens is 366 g/mol. The van der Waals surface area contributed by atoms with Crippen LogP contribution in [0, 0.1) is 0 Å². The van der Waals surface area contributed by atoms with E-state index in [1.807, 2.05) is 60.7 Å². The fraction of sp³-hybridized carbons (Fsp3) is 0.227. The first-order valence-electron chi connectivity index (χ1n) is 9.71. The summed E-state index contributed by atoms with van der Waals surface area (Å²) in [6, 6.07) is 19.0. The van der Waals surface area contributed by atoms with Gasteiger partial charge in [0.1, 0.15) is 0 Å². The molecule has 4 rings (SSSR count). The Hall–Kier alpha value is -3.61. The van der Waals surface area contributed by atoms with Gasteiger partial charge in [0.25, 0.3) is 5.91 Å². The highest BCUT2D eigenvalue weighted by Gasteiger charge is 2.24. The van der Waals surface area contributed by atoms with Gasteiger partial charge >= 0.3 is 6.03 Å². The highest BCUT2D eigenvalue weighted by molar-refractivity contribution is 5.94. The molecule has 148 valence electrons. The van der Waals surface area contributed by atoms with Crippen LogP contribution in [0.4, 0.5) is 10.5 Å². The first-order chi connectivity index (χ1) is 14.2. The lowest BCUT2D eigenvalue weighted by Crippen LogP contribution is -2.47. The van der Waals surface area contributed by atoms with Crippen LogP contribution in [0.3, 0.4) is 0 Å². The molecule has 2 heterocycles. The van der Waals surface area contributed by atoms with Gasteiger partial charge in [-0.2, -0.15) is 5.10 Å². The number of anilines is 1. The largest absolute Gasteiger partial charge is 0.349 e. The zero-order valence-electron chi connectivity index (χ0n) is 16.0. The van der Waals surface area contributed by atoms with E-state index in [0.717, 1.165) is 24.2 Å². The fourth-order valence-corrected chi connectivity index (χ4v) is 3.38. The molecule has 1 fully saturated rings. The Labute approximate surface area is 169 Å². The number of para-hydroxylation sites is 2. The summed E-state index contributed by atoms with van der Waals surface area (Å²) in [6.07, 6.45) is 4.75. The lowest BCUT2D eigenvalue weighted by Gasteiger charge is -2.32. The maximum atomic E-state index is 12.6. The summed E-state index contributed by atoms with van der Waals surface area (Å²) in [5.74, 6) is -0.139. The second kappa shape index (κ2) is 8.60. The molecular formula is C22H23N5O2. The molecule has 0 aliphatic carbocycles. The van der Waals surface area contributed by atoms with Gasteiger partial charge in [-0.05, 0) is 37.1 Å². The van der Waals surface area contributed by atoms with Crippen molar-refractivity contribution in [2.75, 3.05) is 18.4 Å². The van der Waals surface area contributed by atoms with E-state index in [0.29, 0.717) is 18.7 Å². The number of amides is 3. The highest BCUT2D eigenvalue weighted by atomic mass is 16.2. The summed E-state index contributed by atoms with van der Waals surface area (Å²) in [7, 11) is 0. The fourth-order valence-electron chi connectivity index (χ4n) is 3.38. The van der Waals surface area contributed by atoms with Gasteiger partial charge < -0.3 is 15.5 Å². The number of rotatable bonds is 4. The van der Waals surface area contributed by atoms with E-state index in [-0.39, 0.29) is 18.0 Å². The molecule has 2 N–H and O–H groups in total. The third-order valence-corrected chi connectivity index (χ3v) is 5.01. The quantitative estimate of drug-likeness (QED) is 0.719. The number of urea groups is 1. The molecule has 7 nitrogen and oxygen atoms in total. The molecule has 1 saturated heterocycles. The van der Waals surface area contributed by atoms with Gasteiger partial charge in [-0.1, -0.05) is 36.4 Å². The summed E-state index contributed by atoms with van der Waals surface area (Å²) in [5.41, 5.74) is 2.21. The van der Waals surface area contributed by atoms with Gasteiger partial charge in [-0.15, -0.1) is 0 Å². The van der Waals surface area contributed by atoms with Crippen molar-refractivity contribution in [3.8, 4) is 5.69 Å². The van der Waals surface area contributed by atoms with E-state index < -0.39 is 0 Å². The Morgan fingerprint density at radius 1 is 0.931 bits per heavy atom. The van der Waals surface area contributed by atoms with Crippen molar-refractivity contribution in [3.05, 3.63) is 78.6 Å². The second-order valence-electron chi connectivity index (χ2n) is 7.04. The van der Waals surface area contributed by atoms with Crippen LogP contribution < -0.4 is 10.6 Å². The van der Waals surface area contributed by atoms with Crippen molar-refractivity contribution < 1.29 is 9.59 Å². The number of hydrogen-bond donors (Lipinski definition) is 2. The number of aromatic nitrogens is 2. The van der Waals surface area contributed by atoms with Gasteiger partial charge in [-0.3, -0.25) is 4.79 Å². The van der Waals surface area contributed by atoms with Gasteiger partial charge in [-0.25, -0.2) is 9.48 Å². The smallest absolute Gasteiger partial charge is 0.321 e. The molecule has 0 radical (unpaired) electrons. The number of likely N-dealkylation sites (tertiary alicyclic amines) is 1. The second-order valence-corrected chi connectivity index (χ2v) is 7.04. The maximum absolute atomic E-state index is 12.6. The molecule has 0 unspecified atom stereocenters.